The van der Waals surface area contributed by atoms with Gasteiger partial charge in [-0.15, -0.1) is 0 Å². The van der Waals surface area contributed by atoms with Gasteiger partial charge >= 0.3 is 0 Å². The van der Waals surface area contributed by atoms with E-state index in [0.717, 1.165) is 12.1 Å². The fraction of sp³-hybridized carbons (Fsp3) is 0.0667. The van der Waals surface area contributed by atoms with Crippen LogP contribution in [0.1, 0.15) is 21.8 Å². The number of hydrogen-bond acceptors (Lipinski definition) is 2. The van der Waals surface area contributed by atoms with Gasteiger partial charge in [-0.3, -0.25) is 4.79 Å². The number of carbonyl (C=O) groups excluding carboxylic acids is 1. The van der Waals surface area contributed by atoms with Gasteiger partial charge in [0.1, 0.15) is 17.6 Å². The van der Waals surface area contributed by atoms with Crippen molar-refractivity contribution in [3.05, 3.63) is 71.3 Å². The molecule has 0 aliphatic rings. The molecule has 1 atom stereocenters. The minimum absolute atomic E-state index is 0.145. The SMILES string of the molecule is N#CC(C(=O)c1cc(F)cc(F)c1)c1ccccc1. The first-order valence-corrected chi connectivity index (χ1v) is 5.56. The summed E-state index contributed by atoms with van der Waals surface area (Å²) in [5.74, 6) is -3.37. The molecule has 4 heteroatoms. The van der Waals surface area contributed by atoms with Crippen LogP contribution in [0.5, 0.6) is 0 Å². The van der Waals surface area contributed by atoms with Gasteiger partial charge in [0.2, 0.25) is 0 Å². The van der Waals surface area contributed by atoms with Crippen LogP contribution in [0.25, 0.3) is 0 Å². The van der Waals surface area contributed by atoms with Crippen molar-refractivity contribution in [1.82, 2.24) is 0 Å². The van der Waals surface area contributed by atoms with E-state index in [2.05, 4.69) is 0 Å². The molecule has 0 N–H and O–H groups in total. The third-order valence-electron chi connectivity index (χ3n) is 2.67. The van der Waals surface area contributed by atoms with Gasteiger partial charge in [-0.25, -0.2) is 8.78 Å². The number of hydrogen-bond donors (Lipinski definition) is 0. The predicted octanol–water partition coefficient (Wildman–Crippen LogP) is 3.45. The normalized spacial score (nSPS) is 11.6. The summed E-state index contributed by atoms with van der Waals surface area (Å²) < 4.78 is 26.2. The predicted molar refractivity (Wildman–Crippen MR) is 65.5 cm³/mol. The average molecular weight is 257 g/mol. The Bertz CT molecular complexity index is 627. The van der Waals surface area contributed by atoms with Crippen molar-refractivity contribution < 1.29 is 13.6 Å². The molecule has 0 radical (unpaired) electrons. The van der Waals surface area contributed by atoms with Gasteiger partial charge in [-0.05, 0) is 17.7 Å². The van der Waals surface area contributed by atoms with E-state index in [1.165, 1.54) is 0 Å². The average Bonchev–Trinajstić information content (AvgIpc) is 2.39. The molecule has 0 heterocycles. The molecule has 0 amide bonds. The van der Waals surface area contributed by atoms with Gasteiger partial charge in [-0.2, -0.15) is 5.26 Å². The van der Waals surface area contributed by atoms with Crippen molar-refractivity contribution in [2.24, 2.45) is 0 Å². The van der Waals surface area contributed by atoms with E-state index in [9.17, 15) is 13.6 Å². The van der Waals surface area contributed by atoms with Gasteiger partial charge < -0.3 is 0 Å². The van der Waals surface area contributed by atoms with E-state index in [0.29, 0.717) is 11.6 Å². The van der Waals surface area contributed by atoms with Crippen LogP contribution in [0.2, 0.25) is 0 Å². The molecule has 94 valence electrons. The Balaban J connectivity index is 2.40. The van der Waals surface area contributed by atoms with Crippen LogP contribution in [0.3, 0.4) is 0 Å². The lowest BCUT2D eigenvalue weighted by molar-refractivity contribution is 0.0978. The highest BCUT2D eigenvalue weighted by molar-refractivity contribution is 6.02. The number of carbonyl (C=O) groups is 1. The molecule has 0 saturated carbocycles. The summed E-state index contributed by atoms with van der Waals surface area (Å²) in [5.41, 5.74) is 0.354. The second kappa shape index (κ2) is 5.40. The highest BCUT2D eigenvalue weighted by atomic mass is 19.1. The van der Waals surface area contributed by atoms with Crippen LogP contribution < -0.4 is 0 Å². The third kappa shape index (κ3) is 2.83. The monoisotopic (exact) mass is 257 g/mol. The summed E-state index contributed by atoms with van der Waals surface area (Å²) in [4.78, 5) is 12.1. The maximum absolute atomic E-state index is 13.1. The van der Waals surface area contributed by atoms with Crippen molar-refractivity contribution in [3.63, 3.8) is 0 Å². The highest BCUT2D eigenvalue weighted by Crippen LogP contribution is 2.21. The Hall–Kier alpha value is -2.54. The number of nitrogens with zero attached hydrogens (tertiary/aromatic N) is 1. The Labute approximate surface area is 108 Å². The number of Topliss-reactive ketones (excluding diaryl/α,β-unsaturated/α-hetero) is 1. The molecule has 0 saturated heterocycles. The van der Waals surface area contributed by atoms with Gasteiger partial charge in [0.25, 0.3) is 0 Å². The fourth-order valence-electron chi connectivity index (χ4n) is 1.79. The first kappa shape index (κ1) is 12.9. The van der Waals surface area contributed by atoms with E-state index in [1.54, 1.807) is 30.3 Å². The van der Waals surface area contributed by atoms with E-state index >= 15 is 0 Å². The standard InChI is InChI=1S/C15H9F2NO/c16-12-6-11(7-13(17)8-12)15(19)14(9-18)10-4-2-1-3-5-10/h1-8,14H. The third-order valence-corrected chi connectivity index (χ3v) is 2.67. The van der Waals surface area contributed by atoms with Crippen molar-refractivity contribution in [2.75, 3.05) is 0 Å². The molecule has 0 fully saturated rings. The van der Waals surface area contributed by atoms with Gasteiger partial charge in [0, 0.05) is 11.6 Å². The lowest BCUT2D eigenvalue weighted by atomic mass is 9.92. The van der Waals surface area contributed by atoms with Crippen molar-refractivity contribution in [1.29, 1.82) is 5.26 Å². The van der Waals surface area contributed by atoms with Gasteiger partial charge in [0.05, 0.1) is 6.07 Å². The number of nitriles is 1. The summed E-state index contributed by atoms with van der Waals surface area (Å²) in [6, 6.07) is 12.8. The number of benzene rings is 2. The molecule has 2 rings (SSSR count). The topological polar surface area (TPSA) is 40.9 Å². The number of rotatable bonds is 3. The summed E-state index contributed by atoms with van der Waals surface area (Å²) in [5, 5.41) is 9.09. The molecule has 0 aliphatic heterocycles. The summed E-state index contributed by atoms with van der Waals surface area (Å²) >= 11 is 0. The second-order valence-electron chi connectivity index (χ2n) is 4.00. The minimum Gasteiger partial charge on any atom is -0.292 e. The Morgan fingerprint density at radius 3 is 2.16 bits per heavy atom. The zero-order valence-corrected chi connectivity index (χ0v) is 9.81. The molecular weight excluding hydrogens is 248 g/mol. The molecule has 0 aliphatic carbocycles. The number of ketones is 1. The molecule has 1 unspecified atom stereocenters. The first-order chi connectivity index (χ1) is 9.11. The smallest absolute Gasteiger partial charge is 0.184 e. The first-order valence-electron chi connectivity index (χ1n) is 5.56. The molecule has 0 aromatic heterocycles. The largest absolute Gasteiger partial charge is 0.292 e. The van der Waals surface area contributed by atoms with E-state index in [-0.39, 0.29) is 5.56 Å². The molecule has 0 spiro atoms. The van der Waals surface area contributed by atoms with Crippen LogP contribution >= 0.6 is 0 Å². The fourth-order valence-corrected chi connectivity index (χ4v) is 1.79. The Kier molecular flexibility index (Phi) is 3.67. The minimum atomic E-state index is -1.07. The van der Waals surface area contributed by atoms with E-state index in [1.807, 2.05) is 6.07 Å². The van der Waals surface area contributed by atoms with Gasteiger partial charge in [-0.1, -0.05) is 30.3 Å². The van der Waals surface area contributed by atoms with Crippen molar-refractivity contribution in [2.45, 2.75) is 5.92 Å². The number of halogens is 2. The van der Waals surface area contributed by atoms with Crippen LogP contribution in [0.15, 0.2) is 48.5 Å². The quantitative estimate of drug-likeness (QED) is 0.790. The lowest BCUT2D eigenvalue weighted by Gasteiger charge is -2.08. The Morgan fingerprint density at radius 2 is 1.63 bits per heavy atom. The highest BCUT2D eigenvalue weighted by Gasteiger charge is 2.22. The Morgan fingerprint density at radius 1 is 1.05 bits per heavy atom. The lowest BCUT2D eigenvalue weighted by Crippen LogP contribution is -2.11. The van der Waals surface area contributed by atoms with Crippen LogP contribution in [0.4, 0.5) is 8.78 Å². The summed E-state index contributed by atoms with van der Waals surface area (Å²) in [6.45, 7) is 0. The van der Waals surface area contributed by atoms with Crippen LogP contribution in [-0.4, -0.2) is 5.78 Å². The van der Waals surface area contributed by atoms with Crippen LogP contribution in [-0.2, 0) is 0 Å². The van der Waals surface area contributed by atoms with E-state index in [4.69, 9.17) is 5.26 Å². The molecule has 2 aromatic carbocycles. The molecule has 0 bridgehead atoms. The molecule has 2 aromatic rings. The zero-order valence-electron chi connectivity index (χ0n) is 9.81. The van der Waals surface area contributed by atoms with Crippen molar-refractivity contribution in [3.8, 4) is 6.07 Å². The maximum atomic E-state index is 13.1. The molecule has 2 nitrogen and oxygen atoms in total. The van der Waals surface area contributed by atoms with E-state index < -0.39 is 23.3 Å². The van der Waals surface area contributed by atoms with Crippen LogP contribution in [0, 0.1) is 23.0 Å². The van der Waals surface area contributed by atoms with Crippen molar-refractivity contribution >= 4 is 5.78 Å². The summed E-state index contributed by atoms with van der Waals surface area (Å²) in [6.07, 6.45) is 0. The van der Waals surface area contributed by atoms with Gasteiger partial charge in [0.15, 0.2) is 5.78 Å². The second-order valence-corrected chi connectivity index (χ2v) is 4.00. The summed E-state index contributed by atoms with van der Waals surface area (Å²) in [7, 11) is 0. The zero-order chi connectivity index (χ0) is 13.8. The maximum Gasteiger partial charge on any atom is 0.184 e. The molecular formula is C15H9F2NO. The molecule has 19 heavy (non-hydrogen) atoms.